The van der Waals surface area contributed by atoms with Gasteiger partial charge in [-0.1, -0.05) is 24.3 Å². The number of hydrogen-bond donors (Lipinski definition) is 1. The summed E-state index contributed by atoms with van der Waals surface area (Å²) in [5.41, 5.74) is 5.29. The summed E-state index contributed by atoms with van der Waals surface area (Å²) < 4.78 is 19.4. The van der Waals surface area contributed by atoms with Crippen molar-refractivity contribution < 1.29 is 9.13 Å². The van der Waals surface area contributed by atoms with Crippen molar-refractivity contribution in [3.63, 3.8) is 0 Å². The van der Waals surface area contributed by atoms with Gasteiger partial charge in [-0.2, -0.15) is 9.97 Å². The normalized spacial score (nSPS) is 15.6. The van der Waals surface area contributed by atoms with Crippen molar-refractivity contribution in [2.45, 2.75) is 39.3 Å². The van der Waals surface area contributed by atoms with Crippen molar-refractivity contribution >= 4 is 28.6 Å². The van der Waals surface area contributed by atoms with Crippen LogP contribution in [0.3, 0.4) is 0 Å². The minimum atomic E-state index is -0.258. The van der Waals surface area contributed by atoms with Gasteiger partial charge in [0.25, 0.3) is 0 Å². The van der Waals surface area contributed by atoms with Gasteiger partial charge in [0.2, 0.25) is 5.95 Å². The van der Waals surface area contributed by atoms with Gasteiger partial charge in [-0.25, -0.2) is 14.4 Å². The maximum atomic E-state index is 13.5. The van der Waals surface area contributed by atoms with Crippen LogP contribution in [0.2, 0.25) is 0 Å². The fourth-order valence-electron chi connectivity index (χ4n) is 4.14. The molecule has 2 aromatic carbocycles. The number of aryl methyl sites for hydroxylation is 2. The Bertz CT molecular complexity index is 1290. The van der Waals surface area contributed by atoms with Crippen molar-refractivity contribution in [1.82, 2.24) is 19.9 Å². The summed E-state index contributed by atoms with van der Waals surface area (Å²) in [4.78, 5) is 20.7. The van der Waals surface area contributed by atoms with Gasteiger partial charge in [-0.3, -0.25) is 0 Å². The molecular weight excluding hydrogens is 431 g/mol. The zero-order valence-electron chi connectivity index (χ0n) is 19.3. The van der Waals surface area contributed by atoms with E-state index in [0.717, 1.165) is 41.8 Å². The van der Waals surface area contributed by atoms with Gasteiger partial charge in [0, 0.05) is 37.8 Å². The molecule has 0 bridgehead atoms. The average Bonchev–Trinajstić information content (AvgIpc) is 3.35. The first-order valence-electron chi connectivity index (χ1n) is 11.5. The number of nitrogens with one attached hydrogen (secondary N) is 1. The Balaban J connectivity index is 1.55. The second-order valence-corrected chi connectivity index (χ2v) is 8.69. The number of aromatic nitrogens is 4. The van der Waals surface area contributed by atoms with Crippen LogP contribution in [-0.2, 0) is 11.3 Å². The van der Waals surface area contributed by atoms with Gasteiger partial charge < -0.3 is 15.0 Å². The number of benzene rings is 2. The van der Waals surface area contributed by atoms with Crippen LogP contribution in [0, 0.1) is 19.7 Å². The Morgan fingerprint density at radius 1 is 1.06 bits per heavy atom. The van der Waals surface area contributed by atoms with Crippen LogP contribution in [0.15, 0.2) is 54.9 Å². The van der Waals surface area contributed by atoms with Crippen LogP contribution in [0.5, 0.6) is 0 Å². The van der Waals surface area contributed by atoms with Crippen LogP contribution >= 0.6 is 0 Å². The number of fused-ring (bicyclic) bond motifs is 1. The van der Waals surface area contributed by atoms with Gasteiger partial charge in [-0.15, -0.1) is 0 Å². The van der Waals surface area contributed by atoms with Crippen LogP contribution in [0.25, 0.3) is 11.2 Å². The molecule has 0 spiro atoms. The molecule has 0 aliphatic carbocycles. The zero-order chi connectivity index (χ0) is 23.5. The Hall–Kier alpha value is -3.65. The lowest BCUT2D eigenvalue weighted by atomic mass is 10.1. The summed E-state index contributed by atoms with van der Waals surface area (Å²) in [6.07, 6.45) is 5.39. The van der Waals surface area contributed by atoms with Gasteiger partial charge in [-0.05, 0) is 61.6 Å². The summed E-state index contributed by atoms with van der Waals surface area (Å²) in [7, 11) is 0. The highest BCUT2D eigenvalue weighted by Gasteiger charge is 2.23. The molecule has 1 atom stereocenters. The number of hydrogen-bond acceptors (Lipinski definition) is 7. The first-order valence-corrected chi connectivity index (χ1v) is 11.5. The lowest BCUT2D eigenvalue weighted by Crippen LogP contribution is -2.33. The van der Waals surface area contributed by atoms with E-state index < -0.39 is 0 Å². The predicted octanol–water partition coefficient (Wildman–Crippen LogP) is 5.10. The molecule has 8 heteroatoms. The molecule has 0 amide bonds. The second kappa shape index (κ2) is 9.69. The molecule has 0 radical (unpaired) electrons. The summed E-state index contributed by atoms with van der Waals surface area (Å²) >= 11 is 0. The van der Waals surface area contributed by atoms with Crippen molar-refractivity contribution in [3.05, 3.63) is 77.4 Å². The second-order valence-electron chi connectivity index (χ2n) is 8.69. The topological polar surface area (TPSA) is 76.1 Å². The maximum absolute atomic E-state index is 13.5. The Morgan fingerprint density at radius 3 is 2.68 bits per heavy atom. The Morgan fingerprint density at radius 2 is 1.88 bits per heavy atom. The number of nitrogens with zero attached hydrogens (tertiary/aromatic N) is 5. The molecule has 174 valence electrons. The van der Waals surface area contributed by atoms with E-state index in [2.05, 4.69) is 52.2 Å². The SMILES string of the molecule is Cc1ccc(C)c(Nc2nc(N(Cc3ccc(F)cc3)CC3CCCO3)nc3nccnc23)c1. The van der Waals surface area contributed by atoms with E-state index in [-0.39, 0.29) is 11.9 Å². The highest BCUT2D eigenvalue weighted by Crippen LogP contribution is 2.28. The van der Waals surface area contributed by atoms with E-state index in [1.165, 1.54) is 12.1 Å². The van der Waals surface area contributed by atoms with E-state index in [0.29, 0.717) is 36.0 Å². The summed E-state index contributed by atoms with van der Waals surface area (Å²) in [6.45, 7) is 6.02. The molecule has 2 aromatic heterocycles. The van der Waals surface area contributed by atoms with Gasteiger partial charge >= 0.3 is 0 Å². The van der Waals surface area contributed by atoms with E-state index >= 15 is 0 Å². The van der Waals surface area contributed by atoms with E-state index in [1.807, 2.05) is 0 Å². The highest BCUT2D eigenvalue weighted by atomic mass is 19.1. The van der Waals surface area contributed by atoms with E-state index in [1.54, 1.807) is 24.5 Å². The molecule has 34 heavy (non-hydrogen) atoms. The predicted molar refractivity (Wildman–Crippen MR) is 131 cm³/mol. The molecule has 5 rings (SSSR count). The van der Waals surface area contributed by atoms with Crippen molar-refractivity contribution in [1.29, 1.82) is 0 Å². The zero-order valence-corrected chi connectivity index (χ0v) is 19.3. The van der Waals surface area contributed by atoms with Crippen LogP contribution in [-0.4, -0.2) is 39.2 Å². The molecule has 4 aromatic rings. The molecule has 0 saturated carbocycles. The fraction of sp³-hybridized carbons (Fsp3) is 0.308. The number of anilines is 3. The van der Waals surface area contributed by atoms with Crippen molar-refractivity contribution in [2.75, 3.05) is 23.4 Å². The number of rotatable bonds is 7. The Labute approximate surface area is 198 Å². The summed E-state index contributed by atoms with van der Waals surface area (Å²) in [5, 5.41) is 3.46. The van der Waals surface area contributed by atoms with E-state index in [9.17, 15) is 4.39 Å². The fourth-order valence-corrected chi connectivity index (χ4v) is 4.14. The maximum Gasteiger partial charge on any atom is 0.229 e. The first-order chi connectivity index (χ1) is 16.5. The minimum absolute atomic E-state index is 0.0945. The molecule has 1 fully saturated rings. The number of ether oxygens (including phenoxy) is 1. The third-order valence-corrected chi connectivity index (χ3v) is 5.98. The molecule has 1 aliphatic heterocycles. The average molecular weight is 459 g/mol. The molecule has 1 N–H and O–H groups in total. The number of halogens is 1. The van der Waals surface area contributed by atoms with Crippen LogP contribution in [0.1, 0.15) is 29.5 Å². The van der Waals surface area contributed by atoms with E-state index in [4.69, 9.17) is 14.7 Å². The Kier molecular flexibility index (Phi) is 6.31. The first kappa shape index (κ1) is 22.2. The largest absolute Gasteiger partial charge is 0.376 e. The standard InChI is InChI=1S/C26H27FN6O/c1-17-5-6-18(2)22(14-17)30-25-23-24(29-12-11-28-23)31-26(32-25)33(16-21-4-3-13-34-21)15-19-7-9-20(27)10-8-19/h5-12,14,21H,3-4,13,15-16H2,1-2H3,(H,29,30,31,32). The van der Waals surface area contributed by atoms with Crippen LogP contribution < -0.4 is 10.2 Å². The lowest BCUT2D eigenvalue weighted by Gasteiger charge is -2.26. The lowest BCUT2D eigenvalue weighted by molar-refractivity contribution is 0.115. The summed E-state index contributed by atoms with van der Waals surface area (Å²) in [6, 6.07) is 12.8. The minimum Gasteiger partial charge on any atom is -0.376 e. The van der Waals surface area contributed by atoms with Crippen molar-refractivity contribution in [2.24, 2.45) is 0 Å². The smallest absolute Gasteiger partial charge is 0.229 e. The third kappa shape index (κ3) is 4.97. The van der Waals surface area contributed by atoms with Gasteiger partial charge in [0.05, 0.1) is 6.10 Å². The molecule has 1 aliphatic rings. The molecular formula is C26H27FN6O. The van der Waals surface area contributed by atoms with Crippen molar-refractivity contribution in [3.8, 4) is 0 Å². The summed E-state index contributed by atoms with van der Waals surface area (Å²) in [5.74, 6) is 0.866. The molecule has 1 saturated heterocycles. The van der Waals surface area contributed by atoms with Gasteiger partial charge in [0.15, 0.2) is 17.0 Å². The third-order valence-electron chi connectivity index (χ3n) is 5.98. The van der Waals surface area contributed by atoms with Gasteiger partial charge in [0.1, 0.15) is 5.82 Å². The quantitative estimate of drug-likeness (QED) is 0.413. The molecule has 3 heterocycles. The highest BCUT2D eigenvalue weighted by molar-refractivity contribution is 5.86. The molecule has 7 nitrogen and oxygen atoms in total. The molecule has 1 unspecified atom stereocenters. The van der Waals surface area contributed by atoms with Crippen LogP contribution in [0.4, 0.5) is 21.8 Å². The monoisotopic (exact) mass is 458 g/mol.